The van der Waals surface area contributed by atoms with Crippen molar-refractivity contribution in [1.29, 1.82) is 0 Å². The summed E-state index contributed by atoms with van der Waals surface area (Å²) in [7, 11) is 0. The molecule has 0 amide bonds. The Hall–Kier alpha value is -2.51. The summed E-state index contributed by atoms with van der Waals surface area (Å²) in [6.07, 6.45) is -2.17. The average molecular weight is 504 g/mol. The summed E-state index contributed by atoms with van der Waals surface area (Å²) in [6, 6.07) is -0.136. The number of carbonyl (C=O) groups is 4. The van der Waals surface area contributed by atoms with E-state index in [2.05, 4.69) is 10.6 Å². The molecule has 1 aliphatic carbocycles. The van der Waals surface area contributed by atoms with Crippen molar-refractivity contribution in [2.24, 2.45) is 5.73 Å². The Morgan fingerprint density at radius 2 is 1.41 bits per heavy atom. The van der Waals surface area contributed by atoms with E-state index in [0.29, 0.717) is 0 Å². The summed E-state index contributed by atoms with van der Waals surface area (Å²) in [5.74, 6) is -2.69. The Morgan fingerprint density at radius 3 is 1.97 bits per heavy atom. The van der Waals surface area contributed by atoms with Crippen LogP contribution in [0.3, 0.4) is 0 Å². The predicted molar refractivity (Wildman–Crippen MR) is 121 cm³/mol. The molecule has 4 N–H and O–H groups in total. The molecule has 0 unspecified atom stereocenters. The first kappa shape index (κ1) is 27.7. The molecular weight excluding hydrogens is 470 g/mol. The zero-order valence-corrected chi connectivity index (χ0v) is 20.6. The first-order valence-electron chi connectivity index (χ1n) is 11.1. The second-order valence-electron chi connectivity index (χ2n) is 8.29. The van der Waals surface area contributed by atoms with E-state index in [9.17, 15) is 19.2 Å². The summed E-state index contributed by atoms with van der Waals surface area (Å²) < 4.78 is 27.2. The number of esters is 4. The number of hydrogen-bond donors (Lipinski definition) is 3. The van der Waals surface area contributed by atoms with E-state index < -0.39 is 54.5 Å². The minimum atomic E-state index is -1.27. The van der Waals surface area contributed by atoms with Crippen LogP contribution in [0.1, 0.15) is 53.4 Å². The van der Waals surface area contributed by atoms with Gasteiger partial charge in [-0.3, -0.25) is 19.2 Å². The molecule has 0 spiro atoms. The molecule has 2 fully saturated rings. The van der Waals surface area contributed by atoms with Gasteiger partial charge in [-0.05, 0) is 25.1 Å². The van der Waals surface area contributed by atoms with Gasteiger partial charge in [0.25, 0.3) is 0 Å². The van der Waals surface area contributed by atoms with Crippen molar-refractivity contribution in [1.82, 2.24) is 10.6 Å². The van der Waals surface area contributed by atoms with Crippen LogP contribution in [0.15, 0.2) is 0 Å². The number of thiocarbonyl (C=S) groups is 1. The van der Waals surface area contributed by atoms with E-state index in [0.717, 1.165) is 39.5 Å². The second-order valence-corrected chi connectivity index (χ2v) is 8.70. The Bertz CT molecular complexity index is 781. The highest BCUT2D eigenvalue weighted by Crippen LogP contribution is 2.28. The van der Waals surface area contributed by atoms with Gasteiger partial charge in [0.2, 0.25) is 0 Å². The third kappa shape index (κ3) is 8.37. The summed E-state index contributed by atoms with van der Waals surface area (Å²) in [5, 5.41) is 6.26. The van der Waals surface area contributed by atoms with Crippen LogP contribution in [0.25, 0.3) is 0 Å². The zero-order chi connectivity index (χ0) is 25.4. The third-order valence-corrected chi connectivity index (χ3v) is 5.64. The van der Waals surface area contributed by atoms with Crippen LogP contribution in [0, 0.1) is 0 Å². The van der Waals surface area contributed by atoms with E-state index in [1.807, 2.05) is 0 Å². The maximum atomic E-state index is 11.9. The summed E-state index contributed by atoms with van der Waals surface area (Å²) in [5.41, 5.74) is 6.18. The lowest BCUT2D eigenvalue weighted by Gasteiger charge is -2.45. The van der Waals surface area contributed by atoms with Gasteiger partial charge in [0.05, 0.1) is 0 Å². The summed E-state index contributed by atoms with van der Waals surface area (Å²) >= 11 is 5.43. The molecule has 0 radical (unpaired) electrons. The SMILES string of the molecule is CC(=O)OC[C@H]1O[C@@H](NC(=S)N[C@H]2CCCC[C@@H]2N)[C@H](OC(C)=O)[C@@H](OC(C)=O)[C@@H]1OC(C)=O. The standard InChI is InChI=1S/C21H33N3O9S/c1-10(25)29-9-16-17(30-11(2)26)18(31-12(3)27)19(32-13(4)28)20(33-16)24-21(34)23-15-8-6-5-7-14(15)22/h14-20H,5-9,22H2,1-4H3,(H2,23,24,34)/t14-,15-,16+,17+,18-,19+,20+/m0/s1. The maximum absolute atomic E-state index is 11.9. The highest BCUT2D eigenvalue weighted by molar-refractivity contribution is 7.80. The largest absolute Gasteiger partial charge is 0.463 e. The van der Waals surface area contributed by atoms with Gasteiger partial charge in [-0.1, -0.05) is 12.8 Å². The highest BCUT2D eigenvalue weighted by atomic mass is 32.1. The molecular formula is C21H33N3O9S. The summed E-state index contributed by atoms with van der Waals surface area (Å²) in [6.45, 7) is 4.38. The van der Waals surface area contributed by atoms with Crippen molar-refractivity contribution >= 4 is 41.2 Å². The van der Waals surface area contributed by atoms with Gasteiger partial charge >= 0.3 is 23.9 Å². The van der Waals surface area contributed by atoms with Crippen molar-refractivity contribution in [3.8, 4) is 0 Å². The van der Waals surface area contributed by atoms with Crippen LogP contribution in [0.4, 0.5) is 0 Å². The molecule has 192 valence electrons. The van der Waals surface area contributed by atoms with Gasteiger partial charge in [-0.25, -0.2) is 0 Å². The normalized spacial score (nSPS) is 30.9. The van der Waals surface area contributed by atoms with E-state index in [1.54, 1.807) is 0 Å². The quantitative estimate of drug-likeness (QED) is 0.238. The van der Waals surface area contributed by atoms with Crippen molar-refractivity contribution in [3.05, 3.63) is 0 Å². The third-order valence-electron chi connectivity index (χ3n) is 5.40. The fourth-order valence-corrected chi connectivity index (χ4v) is 4.29. The van der Waals surface area contributed by atoms with Gasteiger partial charge in [0.15, 0.2) is 29.7 Å². The number of hydrogen-bond acceptors (Lipinski definition) is 11. The molecule has 2 aliphatic rings. The van der Waals surface area contributed by atoms with Crippen LogP contribution >= 0.6 is 12.2 Å². The molecule has 1 heterocycles. The Morgan fingerprint density at radius 1 is 0.853 bits per heavy atom. The second kappa shape index (κ2) is 12.8. The number of ether oxygens (including phenoxy) is 5. The molecule has 12 nitrogen and oxygen atoms in total. The van der Waals surface area contributed by atoms with Crippen LogP contribution in [0.5, 0.6) is 0 Å². The molecule has 1 saturated heterocycles. The lowest BCUT2D eigenvalue weighted by atomic mass is 9.91. The number of carbonyl (C=O) groups excluding carboxylic acids is 4. The number of rotatable bonds is 7. The van der Waals surface area contributed by atoms with Crippen molar-refractivity contribution in [2.75, 3.05) is 6.61 Å². The molecule has 13 heteroatoms. The molecule has 1 aliphatic heterocycles. The van der Waals surface area contributed by atoms with Crippen LogP contribution in [-0.4, -0.2) is 78.3 Å². The van der Waals surface area contributed by atoms with Crippen molar-refractivity contribution in [2.45, 2.75) is 96.1 Å². The highest BCUT2D eigenvalue weighted by Gasteiger charge is 2.52. The zero-order valence-electron chi connectivity index (χ0n) is 19.7. The van der Waals surface area contributed by atoms with Gasteiger partial charge < -0.3 is 40.1 Å². The van der Waals surface area contributed by atoms with E-state index >= 15 is 0 Å². The molecule has 0 aromatic rings. The Balaban J connectivity index is 2.31. The van der Waals surface area contributed by atoms with Crippen LogP contribution < -0.4 is 16.4 Å². The maximum Gasteiger partial charge on any atom is 0.303 e. The fourth-order valence-electron chi connectivity index (χ4n) is 4.02. The van der Waals surface area contributed by atoms with Crippen LogP contribution in [-0.2, 0) is 42.9 Å². The number of nitrogens with two attached hydrogens (primary N) is 1. The molecule has 0 aromatic carbocycles. The van der Waals surface area contributed by atoms with Gasteiger partial charge in [0.1, 0.15) is 12.7 Å². The predicted octanol–water partition coefficient (Wildman–Crippen LogP) is -0.196. The monoisotopic (exact) mass is 503 g/mol. The van der Waals surface area contributed by atoms with E-state index in [1.165, 1.54) is 13.8 Å². The number of nitrogens with one attached hydrogen (secondary N) is 2. The molecule has 0 aromatic heterocycles. The van der Waals surface area contributed by atoms with E-state index in [-0.39, 0.29) is 23.8 Å². The van der Waals surface area contributed by atoms with Gasteiger partial charge in [-0.15, -0.1) is 0 Å². The first-order valence-corrected chi connectivity index (χ1v) is 11.5. The molecule has 0 bridgehead atoms. The van der Waals surface area contributed by atoms with Gasteiger partial charge in [-0.2, -0.15) is 0 Å². The van der Waals surface area contributed by atoms with Gasteiger partial charge in [0, 0.05) is 39.8 Å². The molecule has 34 heavy (non-hydrogen) atoms. The van der Waals surface area contributed by atoms with Crippen molar-refractivity contribution < 1.29 is 42.9 Å². The minimum absolute atomic E-state index is 0.0561. The Kier molecular flexibility index (Phi) is 10.5. The first-order chi connectivity index (χ1) is 16.0. The average Bonchev–Trinajstić information content (AvgIpc) is 2.71. The topological polar surface area (TPSA) is 165 Å². The smallest absolute Gasteiger partial charge is 0.303 e. The molecule has 1 saturated carbocycles. The minimum Gasteiger partial charge on any atom is -0.463 e. The lowest BCUT2D eigenvalue weighted by Crippen LogP contribution is -2.67. The van der Waals surface area contributed by atoms with Crippen molar-refractivity contribution in [3.63, 3.8) is 0 Å². The Labute approximate surface area is 203 Å². The fraction of sp³-hybridized carbons (Fsp3) is 0.762. The molecule has 2 rings (SSSR count). The van der Waals surface area contributed by atoms with E-state index in [4.69, 9.17) is 41.6 Å². The lowest BCUT2D eigenvalue weighted by molar-refractivity contribution is -0.254. The molecule has 7 atom stereocenters. The van der Waals surface area contributed by atoms with Crippen LogP contribution in [0.2, 0.25) is 0 Å². The summed E-state index contributed by atoms with van der Waals surface area (Å²) in [4.78, 5) is 46.9.